The van der Waals surface area contributed by atoms with Gasteiger partial charge in [0.1, 0.15) is 12.7 Å². The van der Waals surface area contributed by atoms with Crippen LogP contribution < -0.4 is 15.8 Å². The number of hydrogen-bond donors (Lipinski definition) is 3. The van der Waals surface area contributed by atoms with Crippen molar-refractivity contribution < 1.29 is 35.9 Å². The van der Waals surface area contributed by atoms with Crippen molar-refractivity contribution in [2.75, 3.05) is 12.3 Å². The van der Waals surface area contributed by atoms with Gasteiger partial charge >= 0.3 is 12.1 Å². The van der Waals surface area contributed by atoms with Gasteiger partial charge in [-0.05, 0) is 43.9 Å². The third kappa shape index (κ3) is 5.01. The molecule has 39 heavy (non-hydrogen) atoms. The summed E-state index contributed by atoms with van der Waals surface area (Å²) in [5.41, 5.74) is 5.95. The highest BCUT2D eigenvalue weighted by atomic mass is 32.2. The van der Waals surface area contributed by atoms with Crippen molar-refractivity contribution in [1.29, 1.82) is 0 Å². The quantitative estimate of drug-likeness (QED) is 0.329. The predicted octanol–water partition coefficient (Wildman–Crippen LogP) is 0.790. The van der Waals surface area contributed by atoms with Gasteiger partial charge in [-0.15, -0.1) is 0 Å². The second kappa shape index (κ2) is 8.98. The monoisotopic (exact) mass is 566 g/mol. The molecule has 13 nitrogen and oxygen atoms in total. The van der Waals surface area contributed by atoms with E-state index in [9.17, 15) is 31.2 Å². The Morgan fingerprint density at radius 1 is 1.21 bits per heavy atom. The first-order valence-corrected chi connectivity index (χ1v) is 12.9. The number of carbonyl (C=O) groups is 2. The van der Waals surface area contributed by atoms with Gasteiger partial charge in [-0.2, -0.15) is 23.0 Å². The molecule has 3 aliphatic rings. The molecule has 206 valence electrons. The van der Waals surface area contributed by atoms with Crippen molar-refractivity contribution in [3.05, 3.63) is 42.6 Å². The lowest BCUT2D eigenvalue weighted by Crippen LogP contribution is -2.83. The Labute approximate surface area is 219 Å². The summed E-state index contributed by atoms with van der Waals surface area (Å²) in [7, 11) is -4.00. The summed E-state index contributed by atoms with van der Waals surface area (Å²) in [4.78, 5) is 35.1. The van der Waals surface area contributed by atoms with Crippen molar-refractivity contribution in [1.82, 2.24) is 34.8 Å². The van der Waals surface area contributed by atoms with Crippen LogP contribution >= 0.6 is 0 Å². The summed E-state index contributed by atoms with van der Waals surface area (Å²) in [5, 5.41) is 6.52. The summed E-state index contributed by atoms with van der Waals surface area (Å²) < 4.78 is 71.0. The van der Waals surface area contributed by atoms with Crippen LogP contribution in [-0.4, -0.2) is 68.9 Å². The number of aromatic nitrogens is 5. The first-order chi connectivity index (χ1) is 18.2. The largest absolute Gasteiger partial charge is 0.490 e. The Hall–Kier alpha value is -4.12. The molecule has 0 saturated heterocycles. The van der Waals surface area contributed by atoms with E-state index in [1.165, 1.54) is 35.7 Å². The molecule has 17 heteroatoms. The van der Waals surface area contributed by atoms with Crippen LogP contribution in [0.15, 0.2) is 41.9 Å². The van der Waals surface area contributed by atoms with Crippen LogP contribution in [0.3, 0.4) is 0 Å². The third-order valence-corrected chi connectivity index (χ3v) is 8.14. The second-order valence-corrected chi connectivity index (χ2v) is 11.3. The number of halogens is 3. The number of esters is 1. The fourth-order valence-corrected chi connectivity index (χ4v) is 6.39. The van der Waals surface area contributed by atoms with E-state index >= 15 is 0 Å². The molecule has 0 radical (unpaired) electrons. The minimum atomic E-state index is -5.20. The molecule has 4 N–H and O–H groups in total. The summed E-state index contributed by atoms with van der Waals surface area (Å²) in [5.74, 6) is -3.03. The van der Waals surface area contributed by atoms with Crippen molar-refractivity contribution in [2.24, 2.45) is 0 Å². The molecule has 2 aromatic heterocycles. The number of nitrogens with two attached hydrogens (primary N) is 1. The molecule has 0 atom stereocenters. The molecule has 2 heterocycles. The van der Waals surface area contributed by atoms with E-state index < -0.39 is 45.8 Å². The van der Waals surface area contributed by atoms with Crippen LogP contribution in [0, 0.1) is 6.92 Å². The van der Waals surface area contributed by atoms with Gasteiger partial charge in [0.2, 0.25) is 10.0 Å². The number of anilines is 1. The lowest BCUT2D eigenvalue weighted by Gasteiger charge is -2.70. The summed E-state index contributed by atoms with van der Waals surface area (Å²) in [6, 6.07) is 4.53. The molecular weight excluding hydrogens is 545 g/mol. The summed E-state index contributed by atoms with van der Waals surface area (Å²) >= 11 is 0. The maximum absolute atomic E-state index is 13.2. The smallest absolute Gasteiger partial charge is 0.449 e. The number of benzene rings is 1. The van der Waals surface area contributed by atoms with Gasteiger partial charge in [-0.1, -0.05) is 6.07 Å². The SMILES string of the molecule is Cc1ccc(S(=O)(=O)NC23CC(NC(=O)COC(=O)C(F)(F)F)(C2)C3)cc1-c1cnc(N)c(-n2cncn2)n1. The number of rotatable bonds is 8. The molecule has 2 bridgehead atoms. The van der Waals surface area contributed by atoms with Gasteiger partial charge in [0.05, 0.1) is 16.8 Å². The molecular formula is C22H21F3N8O5S. The number of carbonyl (C=O) groups excluding carboxylic acids is 2. The van der Waals surface area contributed by atoms with E-state index in [1.807, 2.05) is 0 Å². The Kier molecular flexibility index (Phi) is 6.10. The summed E-state index contributed by atoms with van der Waals surface area (Å²) in [6.45, 7) is 0.698. The van der Waals surface area contributed by atoms with Crippen LogP contribution in [0.5, 0.6) is 0 Å². The zero-order chi connectivity index (χ0) is 28.2. The highest BCUT2D eigenvalue weighted by molar-refractivity contribution is 7.89. The van der Waals surface area contributed by atoms with E-state index in [-0.39, 0.29) is 35.8 Å². The number of nitrogen functional groups attached to an aromatic ring is 1. The molecule has 1 aromatic carbocycles. The van der Waals surface area contributed by atoms with Crippen LogP contribution in [0.1, 0.15) is 24.8 Å². The Morgan fingerprint density at radius 2 is 1.92 bits per heavy atom. The number of amides is 1. The van der Waals surface area contributed by atoms with Gasteiger partial charge in [-0.3, -0.25) is 4.79 Å². The van der Waals surface area contributed by atoms with Crippen molar-refractivity contribution in [2.45, 2.75) is 48.3 Å². The lowest BCUT2D eigenvalue weighted by molar-refractivity contribution is -0.200. The van der Waals surface area contributed by atoms with Gasteiger partial charge in [0.15, 0.2) is 18.2 Å². The molecule has 3 aromatic rings. The normalized spacial score (nSPS) is 21.9. The van der Waals surface area contributed by atoms with E-state index in [4.69, 9.17) is 5.73 Å². The van der Waals surface area contributed by atoms with E-state index in [1.54, 1.807) is 13.0 Å². The number of nitrogens with zero attached hydrogens (tertiary/aromatic N) is 5. The zero-order valence-corrected chi connectivity index (χ0v) is 21.0. The molecule has 1 amide bonds. The van der Waals surface area contributed by atoms with Crippen molar-refractivity contribution >= 4 is 27.7 Å². The number of alkyl halides is 3. The van der Waals surface area contributed by atoms with Crippen LogP contribution in [0.2, 0.25) is 0 Å². The Morgan fingerprint density at radius 3 is 2.56 bits per heavy atom. The average Bonchev–Trinajstić information content (AvgIpc) is 3.35. The highest BCUT2D eigenvalue weighted by Crippen LogP contribution is 2.60. The summed E-state index contributed by atoms with van der Waals surface area (Å²) in [6.07, 6.45) is -0.363. The van der Waals surface area contributed by atoms with Crippen LogP contribution in [0.25, 0.3) is 17.1 Å². The first-order valence-electron chi connectivity index (χ1n) is 11.4. The topological polar surface area (TPSA) is 184 Å². The predicted molar refractivity (Wildman–Crippen MR) is 126 cm³/mol. The van der Waals surface area contributed by atoms with E-state index in [2.05, 4.69) is 34.8 Å². The fourth-order valence-electron chi connectivity index (χ4n) is 4.97. The number of aryl methyl sites for hydroxylation is 1. The standard InChI is InChI=1S/C22H21F3N8O5S/c1-12-2-3-13(4-14(12)15-5-28-17(26)18(30-15)33-11-27-10-29-33)39(36,37)32-21-7-20(8-21,9-21)31-16(34)6-38-19(35)22(23,24)25/h2-5,10-11,32H,6-9H2,1H3,(H2,26,28)(H,31,34). The Balaban J connectivity index is 1.26. The first kappa shape index (κ1) is 26.5. The second-order valence-electron chi connectivity index (χ2n) is 9.60. The number of ether oxygens (including phenoxy) is 1. The molecule has 3 fully saturated rings. The van der Waals surface area contributed by atoms with Crippen LogP contribution in [-0.2, 0) is 24.3 Å². The third-order valence-electron chi connectivity index (χ3n) is 6.56. The molecule has 3 aliphatic carbocycles. The minimum absolute atomic E-state index is 0.0223. The molecule has 3 saturated carbocycles. The lowest BCUT2D eigenvalue weighted by atomic mass is 9.44. The van der Waals surface area contributed by atoms with Crippen LogP contribution in [0.4, 0.5) is 19.0 Å². The highest BCUT2D eigenvalue weighted by Gasteiger charge is 2.69. The molecule has 0 aliphatic heterocycles. The van der Waals surface area contributed by atoms with E-state index in [0.29, 0.717) is 11.3 Å². The molecule has 0 unspecified atom stereocenters. The zero-order valence-electron chi connectivity index (χ0n) is 20.2. The maximum Gasteiger partial charge on any atom is 0.490 e. The van der Waals surface area contributed by atoms with Gasteiger partial charge < -0.3 is 15.8 Å². The molecule has 0 spiro atoms. The Bertz CT molecular complexity index is 1560. The van der Waals surface area contributed by atoms with E-state index in [0.717, 1.165) is 5.56 Å². The van der Waals surface area contributed by atoms with Gasteiger partial charge in [-0.25, -0.2) is 32.9 Å². The number of sulfonamides is 1. The maximum atomic E-state index is 13.2. The fraction of sp³-hybridized carbons (Fsp3) is 0.364. The number of hydrogen-bond acceptors (Lipinski definition) is 10. The van der Waals surface area contributed by atoms with Gasteiger partial charge in [0.25, 0.3) is 5.91 Å². The molecule has 6 rings (SSSR count). The van der Waals surface area contributed by atoms with Crippen molar-refractivity contribution in [3.8, 4) is 17.1 Å². The minimum Gasteiger partial charge on any atom is -0.449 e. The number of nitrogens with one attached hydrogen (secondary N) is 2. The average molecular weight is 567 g/mol. The van der Waals surface area contributed by atoms with Crippen molar-refractivity contribution in [3.63, 3.8) is 0 Å². The van der Waals surface area contributed by atoms with Gasteiger partial charge in [0, 0.05) is 16.6 Å².